The Morgan fingerprint density at radius 1 is 1.24 bits per heavy atom. The van der Waals surface area contributed by atoms with Crippen molar-refractivity contribution in [1.29, 1.82) is 0 Å². The van der Waals surface area contributed by atoms with E-state index in [4.69, 9.17) is 30.8 Å². The smallest absolute Gasteiger partial charge is 0.319 e. The van der Waals surface area contributed by atoms with Crippen molar-refractivity contribution in [3.63, 3.8) is 0 Å². The van der Waals surface area contributed by atoms with Crippen molar-refractivity contribution in [3.05, 3.63) is 11.0 Å². The second-order valence-electron chi connectivity index (χ2n) is 9.45. The number of ether oxygens (including phenoxy) is 3. The fourth-order valence-electron chi connectivity index (χ4n) is 5.79. The molecule has 0 N–H and O–H groups in total. The molecule has 3 saturated heterocycles. The Bertz CT molecular complexity index is 1090. The minimum absolute atomic E-state index is 0.0126. The zero-order valence-corrected chi connectivity index (χ0v) is 19.2. The Kier molecular flexibility index (Phi) is 5.23. The van der Waals surface area contributed by atoms with Crippen LogP contribution in [0.2, 0.25) is 5.15 Å². The van der Waals surface area contributed by atoms with E-state index in [9.17, 15) is 4.39 Å². The van der Waals surface area contributed by atoms with E-state index >= 15 is 4.39 Å². The molecule has 33 heavy (non-hydrogen) atoms. The fraction of sp³-hybridized carbons (Fsp3) is 0.682. The number of pyridine rings is 1. The average molecular weight is 482 g/mol. The van der Waals surface area contributed by atoms with Crippen molar-refractivity contribution in [2.75, 3.05) is 44.4 Å². The molecule has 0 saturated carbocycles. The molecule has 4 aliphatic rings. The molecule has 6 heterocycles. The van der Waals surface area contributed by atoms with E-state index in [2.05, 4.69) is 19.8 Å². The Labute approximate surface area is 195 Å². The number of fused-ring (bicyclic) bond motifs is 3. The topological polar surface area (TPSA) is 72.8 Å². The summed E-state index contributed by atoms with van der Waals surface area (Å²) < 4.78 is 47.2. The van der Waals surface area contributed by atoms with E-state index in [1.807, 2.05) is 6.92 Å². The summed E-state index contributed by atoms with van der Waals surface area (Å²) in [5.41, 5.74) is -0.346. The normalized spacial score (nSPS) is 31.6. The summed E-state index contributed by atoms with van der Waals surface area (Å²) in [6, 6.07) is -0.0906. The second-order valence-corrected chi connectivity index (χ2v) is 9.81. The van der Waals surface area contributed by atoms with Gasteiger partial charge in [-0.3, -0.25) is 4.90 Å². The molecule has 0 bridgehead atoms. The number of nitrogens with zero attached hydrogens (tertiary/aromatic N) is 5. The highest BCUT2D eigenvalue weighted by Gasteiger charge is 2.49. The van der Waals surface area contributed by atoms with E-state index in [-0.39, 0.29) is 46.9 Å². The Morgan fingerprint density at radius 2 is 2.12 bits per heavy atom. The van der Waals surface area contributed by atoms with Gasteiger partial charge in [-0.05, 0) is 32.7 Å². The van der Waals surface area contributed by atoms with E-state index in [1.54, 1.807) is 0 Å². The number of hydrogen-bond acceptors (Lipinski definition) is 8. The predicted octanol–water partition coefficient (Wildman–Crippen LogP) is 3.15. The van der Waals surface area contributed by atoms with E-state index < -0.39 is 12.0 Å². The van der Waals surface area contributed by atoms with Crippen molar-refractivity contribution in [2.45, 2.75) is 56.5 Å². The molecule has 8 nitrogen and oxygen atoms in total. The molecule has 0 amide bonds. The standard InChI is InChI=1S/C22H26ClF2N5O3/c1-12-14-10-31-7-3-6-30(14)19-15-17(16(25)18(23)27-20(15)33-12)26-21(28-19)32-11-22-4-2-5-29(22)9-13(24)8-22/h12-14H,2-11H2,1H3/t12?,13-,14+,22+/m1/s1. The van der Waals surface area contributed by atoms with Crippen LogP contribution in [0.15, 0.2) is 0 Å². The third kappa shape index (κ3) is 3.49. The summed E-state index contributed by atoms with van der Waals surface area (Å²) in [7, 11) is 0. The predicted molar refractivity (Wildman–Crippen MR) is 118 cm³/mol. The zero-order valence-electron chi connectivity index (χ0n) is 18.4. The number of anilines is 1. The van der Waals surface area contributed by atoms with Gasteiger partial charge in [0.1, 0.15) is 35.6 Å². The van der Waals surface area contributed by atoms with Crippen molar-refractivity contribution in [1.82, 2.24) is 19.9 Å². The van der Waals surface area contributed by atoms with Crippen molar-refractivity contribution >= 4 is 28.3 Å². The maximum absolute atomic E-state index is 15.1. The SMILES string of the molecule is CC1Oc2nc(Cl)c(F)c3nc(OC[C@@]45CCCN4C[C@H](F)C5)nc(c23)N2CCCOC[C@@H]12. The van der Waals surface area contributed by atoms with E-state index in [1.165, 1.54) is 0 Å². The lowest BCUT2D eigenvalue weighted by molar-refractivity contribution is 0.0919. The number of rotatable bonds is 3. The van der Waals surface area contributed by atoms with Crippen molar-refractivity contribution in [2.24, 2.45) is 0 Å². The molecule has 0 radical (unpaired) electrons. The summed E-state index contributed by atoms with van der Waals surface area (Å²) in [6.07, 6.45) is 1.93. The van der Waals surface area contributed by atoms with Crippen molar-refractivity contribution in [3.8, 4) is 11.9 Å². The zero-order chi connectivity index (χ0) is 22.7. The third-order valence-corrected chi connectivity index (χ3v) is 7.64. The van der Waals surface area contributed by atoms with E-state index in [0.717, 1.165) is 25.8 Å². The highest BCUT2D eigenvalue weighted by molar-refractivity contribution is 6.30. The van der Waals surface area contributed by atoms with Gasteiger partial charge in [-0.15, -0.1) is 0 Å². The van der Waals surface area contributed by atoms with Crippen LogP contribution in [-0.2, 0) is 4.74 Å². The van der Waals surface area contributed by atoms with Crippen LogP contribution in [0, 0.1) is 5.82 Å². The number of hydrogen-bond donors (Lipinski definition) is 0. The molecular formula is C22H26ClF2N5O3. The summed E-state index contributed by atoms with van der Waals surface area (Å²) >= 11 is 6.10. The molecule has 2 aromatic rings. The molecule has 4 atom stereocenters. The Balaban J connectivity index is 1.43. The number of alkyl halides is 1. The lowest BCUT2D eigenvalue weighted by atomic mass is 9.95. The summed E-state index contributed by atoms with van der Waals surface area (Å²) in [5, 5.41) is 0.0658. The molecule has 0 aromatic carbocycles. The molecule has 0 aliphatic carbocycles. The second kappa shape index (κ2) is 8.02. The van der Waals surface area contributed by atoms with Gasteiger partial charge in [0.2, 0.25) is 5.88 Å². The minimum atomic E-state index is -0.863. The molecule has 1 unspecified atom stereocenters. The van der Waals surface area contributed by atoms with Crippen LogP contribution in [-0.4, -0.2) is 83.2 Å². The van der Waals surface area contributed by atoms with Gasteiger partial charge in [0.25, 0.3) is 0 Å². The minimum Gasteiger partial charge on any atom is -0.472 e. The Hall–Kier alpha value is -2.04. The maximum atomic E-state index is 15.1. The highest BCUT2D eigenvalue weighted by Crippen LogP contribution is 2.42. The van der Waals surface area contributed by atoms with Gasteiger partial charge in [0.05, 0.1) is 18.2 Å². The summed E-state index contributed by atoms with van der Waals surface area (Å²) in [5.74, 6) is -0.0336. The lowest BCUT2D eigenvalue weighted by Gasteiger charge is -2.32. The lowest BCUT2D eigenvalue weighted by Crippen LogP contribution is -2.46. The Morgan fingerprint density at radius 3 is 3.00 bits per heavy atom. The van der Waals surface area contributed by atoms with Crippen LogP contribution in [0.4, 0.5) is 14.6 Å². The molecule has 6 rings (SSSR count). The van der Waals surface area contributed by atoms with Crippen LogP contribution in [0.1, 0.15) is 32.6 Å². The van der Waals surface area contributed by atoms with Crippen LogP contribution in [0.25, 0.3) is 10.9 Å². The largest absolute Gasteiger partial charge is 0.472 e. The van der Waals surface area contributed by atoms with Gasteiger partial charge in [-0.25, -0.2) is 8.78 Å². The van der Waals surface area contributed by atoms with Crippen LogP contribution >= 0.6 is 11.6 Å². The van der Waals surface area contributed by atoms with Gasteiger partial charge in [0, 0.05) is 26.1 Å². The molecule has 2 aromatic heterocycles. The average Bonchev–Trinajstić information content (AvgIpc) is 3.14. The third-order valence-electron chi connectivity index (χ3n) is 7.39. The fourth-order valence-corrected chi connectivity index (χ4v) is 5.95. The highest BCUT2D eigenvalue weighted by atomic mass is 35.5. The van der Waals surface area contributed by atoms with Gasteiger partial charge >= 0.3 is 6.01 Å². The van der Waals surface area contributed by atoms with Gasteiger partial charge in [-0.1, -0.05) is 11.6 Å². The molecule has 11 heteroatoms. The molecule has 4 aliphatic heterocycles. The molecular weight excluding hydrogens is 456 g/mol. The molecule has 3 fully saturated rings. The monoisotopic (exact) mass is 481 g/mol. The van der Waals surface area contributed by atoms with E-state index in [0.29, 0.717) is 43.9 Å². The molecule has 0 spiro atoms. The molecule has 178 valence electrons. The van der Waals surface area contributed by atoms with Crippen LogP contribution in [0.5, 0.6) is 11.9 Å². The number of aromatic nitrogens is 3. The van der Waals surface area contributed by atoms with Gasteiger partial charge in [0.15, 0.2) is 11.0 Å². The van der Waals surface area contributed by atoms with Crippen LogP contribution in [0.3, 0.4) is 0 Å². The first-order chi connectivity index (χ1) is 15.9. The summed E-state index contributed by atoms with van der Waals surface area (Å²) in [6.45, 7) is 5.20. The first-order valence-electron chi connectivity index (χ1n) is 11.5. The van der Waals surface area contributed by atoms with Crippen molar-refractivity contribution < 1.29 is 23.0 Å². The summed E-state index contributed by atoms with van der Waals surface area (Å²) in [4.78, 5) is 17.5. The van der Waals surface area contributed by atoms with Gasteiger partial charge in [-0.2, -0.15) is 15.0 Å². The van der Waals surface area contributed by atoms with Gasteiger partial charge < -0.3 is 19.1 Å². The first-order valence-corrected chi connectivity index (χ1v) is 11.9. The quantitative estimate of drug-likeness (QED) is 0.619. The van der Waals surface area contributed by atoms with Crippen LogP contribution < -0.4 is 14.4 Å². The maximum Gasteiger partial charge on any atom is 0.319 e. The first kappa shape index (κ1) is 21.5. The number of halogens is 3.